The molecular weight excluding hydrogens is 397 g/mol. The van der Waals surface area contributed by atoms with Gasteiger partial charge in [-0.05, 0) is 36.4 Å². The number of para-hydroxylation sites is 1. The van der Waals surface area contributed by atoms with Crippen molar-refractivity contribution in [2.75, 3.05) is 19.5 Å². The highest BCUT2D eigenvalue weighted by atomic mass is 35.5. The van der Waals surface area contributed by atoms with Gasteiger partial charge in [0.05, 0.1) is 14.2 Å². The molecule has 6 heteroatoms. The van der Waals surface area contributed by atoms with E-state index in [0.29, 0.717) is 27.7 Å². The minimum atomic E-state index is -0.910. The average molecular weight is 418 g/mol. The molecule has 0 aliphatic rings. The molecule has 0 aliphatic heterocycles. The van der Waals surface area contributed by atoms with Gasteiger partial charge in [0.1, 0.15) is 17.6 Å². The maximum Gasteiger partial charge on any atom is 0.127 e. The molecule has 3 aromatic carbocycles. The fourth-order valence-corrected chi connectivity index (χ4v) is 3.38. The maximum atomic E-state index is 10.9. The lowest BCUT2D eigenvalue weighted by molar-refractivity contribution is 0.221. The Balaban J connectivity index is 1.86. The van der Waals surface area contributed by atoms with E-state index in [0.717, 1.165) is 22.7 Å². The molecular formula is C22H21Cl2NO3. The summed E-state index contributed by atoms with van der Waals surface area (Å²) in [5.41, 5.74) is 3.03. The monoisotopic (exact) mass is 417 g/mol. The first-order chi connectivity index (χ1) is 13.5. The number of methoxy groups -OCH3 is 2. The number of benzene rings is 3. The van der Waals surface area contributed by atoms with Gasteiger partial charge >= 0.3 is 0 Å². The van der Waals surface area contributed by atoms with Gasteiger partial charge in [-0.25, -0.2) is 0 Å². The van der Waals surface area contributed by atoms with Crippen LogP contribution < -0.4 is 14.8 Å². The summed E-state index contributed by atoms with van der Waals surface area (Å²) in [5, 5.41) is 15.3. The molecule has 0 heterocycles. The molecule has 0 aliphatic carbocycles. The Hall–Kier alpha value is -2.40. The predicted octanol–water partition coefficient (Wildman–Crippen LogP) is 5.70. The van der Waals surface area contributed by atoms with Crippen LogP contribution in [0.15, 0.2) is 60.7 Å². The number of hydrogen-bond donors (Lipinski definition) is 2. The van der Waals surface area contributed by atoms with Crippen LogP contribution in [-0.4, -0.2) is 19.3 Å². The van der Waals surface area contributed by atoms with E-state index in [1.807, 2.05) is 42.5 Å². The number of anilines is 1. The zero-order valence-electron chi connectivity index (χ0n) is 15.6. The number of ether oxygens (including phenoxy) is 2. The van der Waals surface area contributed by atoms with Gasteiger partial charge in [0, 0.05) is 45.0 Å². The number of halogens is 2. The van der Waals surface area contributed by atoms with Crippen LogP contribution in [0, 0.1) is 0 Å². The van der Waals surface area contributed by atoms with Crippen LogP contribution in [0.25, 0.3) is 0 Å². The smallest absolute Gasteiger partial charge is 0.127 e. The fraction of sp³-hybridized carbons (Fsp3) is 0.182. The van der Waals surface area contributed by atoms with Crippen LogP contribution in [0.3, 0.4) is 0 Å². The van der Waals surface area contributed by atoms with Crippen LogP contribution in [0.1, 0.15) is 22.8 Å². The molecule has 3 aromatic rings. The lowest BCUT2D eigenvalue weighted by Gasteiger charge is -2.19. The molecule has 1 atom stereocenters. The highest BCUT2D eigenvalue weighted by Crippen LogP contribution is 2.34. The summed E-state index contributed by atoms with van der Waals surface area (Å²) in [5.74, 6) is 1.45. The quantitative estimate of drug-likeness (QED) is 0.517. The standard InChI is InChI=1S/C22H21Cl2NO3/c1-27-16-9-7-14(21(12-16)28-2)13-25-20-6-4-3-5-17(20)22(26)18-11-15(23)8-10-19(18)24/h3-12,22,25-26H,13H2,1-2H3. The van der Waals surface area contributed by atoms with Gasteiger partial charge in [-0.1, -0.05) is 41.4 Å². The van der Waals surface area contributed by atoms with Crippen molar-refractivity contribution in [3.05, 3.63) is 87.4 Å². The van der Waals surface area contributed by atoms with Gasteiger partial charge in [-0.2, -0.15) is 0 Å². The van der Waals surface area contributed by atoms with E-state index < -0.39 is 6.10 Å². The molecule has 0 amide bonds. The zero-order valence-corrected chi connectivity index (χ0v) is 17.1. The van der Waals surface area contributed by atoms with Crippen LogP contribution in [0.4, 0.5) is 5.69 Å². The number of aliphatic hydroxyl groups is 1. The van der Waals surface area contributed by atoms with Gasteiger partial charge in [0.2, 0.25) is 0 Å². The molecule has 0 bridgehead atoms. The molecule has 3 rings (SSSR count). The first-order valence-corrected chi connectivity index (χ1v) is 9.45. The lowest BCUT2D eigenvalue weighted by Crippen LogP contribution is -2.08. The van der Waals surface area contributed by atoms with E-state index in [2.05, 4.69) is 5.32 Å². The van der Waals surface area contributed by atoms with Crippen LogP contribution in [0.2, 0.25) is 10.0 Å². The van der Waals surface area contributed by atoms with Crippen LogP contribution >= 0.6 is 23.2 Å². The maximum absolute atomic E-state index is 10.9. The average Bonchev–Trinajstić information content (AvgIpc) is 2.73. The molecule has 146 valence electrons. The minimum absolute atomic E-state index is 0.462. The van der Waals surface area contributed by atoms with Crippen molar-refractivity contribution >= 4 is 28.9 Å². The van der Waals surface area contributed by atoms with Crippen molar-refractivity contribution in [1.82, 2.24) is 0 Å². The number of rotatable bonds is 7. The van der Waals surface area contributed by atoms with E-state index in [9.17, 15) is 5.11 Å². The van der Waals surface area contributed by atoms with Gasteiger partial charge in [0.15, 0.2) is 0 Å². The third kappa shape index (κ3) is 4.53. The number of hydrogen-bond acceptors (Lipinski definition) is 4. The summed E-state index contributed by atoms with van der Waals surface area (Å²) < 4.78 is 10.7. The Morgan fingerprint density at radius 1 is 0.929 bits per heavy atom. The molecule has 0 aromatic heterocycles. The van der Waals surface area contributed by atoms with E-state index in [1.54, 1.807) is 32.4 Å². The summed E-state index contributed by atoms with van der Waals surface area (Å²) in [4.78, 5) is 0. The molecule has 0 saturated carbocycles. The summed E-state index contributed by atoms with van der Waals surface area (Å²) in [7, 11) is 3.24. The van der Waals surface area contributed by atoms with Crippen molar-refractivity contribution in [2.24, 2.45) is 0 Å². The van der Waals surface area contributed by atoms with Crippen molar-refractivity contribution < 1.29 is 14.6 Å². The second-order valence-corrected chi connectivity index (χ2v) is 7.03. The minimum Gasteiger partial charge on any atom is -0.497 e. The predicted molar refractivity (Wildman–Crippen MR) is 114 cm³/mol. The van der Waals surface area contributed by atoms with Crippen molar-refractivity contribution in [3.8, 4) is 11.5 Å². The first-order valence-electron chi connectivity index (χ1n) is 8.70. The molecule has 0 radical (unpaired) electrons. The highest BCUT2D eigenvalue weighted by Gasteiger charge is 2.18. The zero-order chi connectivity index (χ0) is 20.1. The van der Waals surface area contributed by atoms with Crippen LogP contribution in [-0.2, 0) is 6.54 Å². The lowest BCUT2D eigenvalue weighted by atomic mass is 9.99. The van der Waals surface area contributed by atoms with Crippen molar-refractivity contribution in [1.29, 1.82) is 0 Å². The Morgan fingerprint density at radius 2 is 1.71 bits per heavy atom. The first kappa shape index (κ1) is 20.3. The second-order valence-electron chi connectivity index (χ2n) is 6.19. The van der Waals surface area contributed by atoms with Gasteiger partial charge in [-0.3, -0.25) is 0 Å². The summed E-state index contributed by atoms with van der Waals surface area (Å²) in [6.07, 6.45) is -0.910. The molecule has 4 nitrogen and oxygen atoms in total. The largest absolute Gasteiger partial charge is 0.497 e. The van der Waals surface area contributed by atoms with Gasteiger partial charge in [-0.15, -0.1) is 0 Å². The van der Waals surface area contributed by atoms with E-state index in [4.69, 9.17) is 32.7 Å². The van der Waals surface area contributed by atoms with Gasteiger partial charge in [0.25, 0.3) is 0 Å². The second kappa shape index (κ2) is 9.20. The van der Waals surface area contributed by atoms with E-state index in [-0.39, 0.29) is 0 Å². The SMILES string of the molecule is COc1ccc(CNc2ccccc2C(O)c2cc(Cl)ccc2Cl)c(OC)c1. The topological polar surface area (TPSA) is 50.7 Å². The molecule has 0 spiro atoms. The third-order valence-corrected chi connectivity index (χ3v) is 5.05. The van der Waals surface area contributed by atoms with Gasteiger partial charge < -0.3 is 19.9 Å². The summed E-state index contributed by atoms with van der Waals surface area (Å²) >= 11 is 12.3. The van der Waals surface area contributed by atoms with E-state index >= 15 is 0 Å². The Morgan fingerprint density at radius 3 is 2.46 bits per heavy atom. The van der Waals surface area contributed by atoms with Crippen LogP contribution in [0.5, 0.6) is 11.5 Å². The summed E-state index contributed by atoms with van der Waals surface area (Å²) in [6.45, 7) is 0.514. The fourth-order valence-electron chi connectivity index (χ4n) is 2.98. The molecule has 0 saturated heterocycles. The molecule has 28 heavy (non-hydrogen) atoms. The Bertz CT molecular complexity index is 962. The molecule has 2 N–H and O–H groups in total. The third-order valence-electron chi connectivity index (χ3n) is 4.47. The van der Waals surface area contributed by atoms with Crippen molar-refractivity contribution in [3.63, 3.8) is 0 Å². The Kier molecular flexibility index (Phi) is 6.68. The molecule has 1 unspecified atom stereocenters. The van der Waals surface area contributed by atoms with E-state index in [1.165, 1.54) is 0 Å². The normalized spacial score (nSPS) is 11.8. The highest BCUT2D eigenvalue weighted by molar-refractivity contribution is 6.33. The Labute approximate surface area is 174 Å². The van der Waals surface area contributed by atoms with Crippen molar-refractivity contribution in [2.45, 2.75) is 12.6 Å². The number of aliphatic hydroxyl groups excluding tert-OH is 1. The molecule has 0 fully saturated rings. The summed E-state index contributed by atoms with van der Waals surface area (Å²) in [6, 6.07) is 18.3. The number of nitrogens with one attached hydrogen (secondary N) is 1.